The van der Waals surface area contributed by atoms with Gasteiger partial charge in [0.1, 0.15) is 12.4 Å². The van der Waals surface area contributed by atoms with Crippen LogP contribution in [0.4, 0.5) is 0 Å². The van der Waals surface area contributed by atoms with Gasteiger partial charge in [0.15, 0.2) is 0 Å². The zero-order valence-corrected chi connectivity index (χ0v) is 13.5. The minimum atomic E-state index is 0.130. The van der Waals surface area contributed by atoms with E-state index in [0.717, 1.165) is 22.2 Å². The minimum Gasteiger partial charge on any atom is -0.489 e. The highest BCUT2D eigenvalue weighted by molar-refractivity contribution is 9.10. The van der Waals surface area contributed by atoms with E-state index in [0.29, 0.717) is 6.61 Å². The molecule has 0 fully saturated rings. The van der Waals surface area contributed by atoms with E-state index < -0.39 is 0 Å². The molecular weight excluding hydrogens is 314 g/mol. The third-order valence-corrected chi connectivity index (χ3v) is 3.53. The van der Waals surface area contributed by atoms with Gasteiger partial charge in [0, 0.05) is 10.5 Å². The first-order valence-electron chi connectivity index (χ1n) is 6.77. The van der Waals surface area contributed by atoms with Crippen LogP contribution >= 0.6 is 15.9 Å². The number of benzene rings is 2. The highest BCUT2D eigenvalue weighted by Gasteiger charge is 2.07. The summed E-state index contributed by atoms with van der Waals surface area (Å²) in [6.45, 7) is 4.66. The molecule has 0 saturated heterocycles. The number of hydrogen-bond acceptors (Lipinski definition) is 2. The third-order valence-electron chi connectivity index (χ3n) is 3.04. The molecule has 0 aliphatic rings. The SMILES string of the molecule is Cc1ccc(OCc2cccc(Br)c2)c(CC(C)N)c1. The maximum absolute atomic E-state index is 5.96. The van der Waals surface area contributed by atoms with Crippen LogP contribution in [0, 0.1) is 6.92 Å². The highest BCUT2D eigenvalue weighted by atomic mass is 79.9. The summed E-state index contributed by atoms with van der Waals surface area (Å²) in [6.07, 6.45) is 0.829. The third kappa shape index (κ3) is 4.36. The molecule has 20 heavy (non-hydrogen) atoms. The Bertz CT molecular complexity index is 581. The second-order valence-electron chi connectivity index (χ2n) is 5.21. The standard InChI is InChI=1S/C17H20BrNO/c1-12-6-7-17(15(8-12)9-13(2)19)20-11-14-4-3-5-16(18)10-14/h3-8,10,13H,9,11,19H2,1-2H3. The van der Waals surface area contributed by atoms with Crippen molar-refractivity contribution in [1.82, 2.24) is 0 Å². The van der Waals surface area contributed by atoms with Crippen LogP contribution in [0.25, 0.3) is 0 Å². The van der Waals surface area contributed by atoms with Gasteiger partial charge in [-0.2, -0.15) is 0 Å². The average Bonchev–Trinajstić information content (AvgIpc) is 2.37. The van der Waals surface area contributed by atoms with Gasteiger partial charge in [0.2, 0.25) is 0 Å². The van der Waals surface area contributed by atoms with Gasteiger partial charge < -0.3 is 10.5 Å². The Kier molecular flexibility index (Phi) is 5.21. The number of ether oxygens (including phenoxy) is 1. The molecule has 0 aliphatic carbocycles. The number of hydrogen-bond donors (Lipinski definition) is 1. The molecule has 0 radical (unpaired) electrons. The van der Waals surface area contributed by atoms with E-state index in [4.69, 9.17) is 10.5 Å². The average molecular weight is 334 g/mol. The van der Waals surface area contributed by atoms with Crippen LogP contribution in [0.5, 0.6) is 5.75 Å². The van der Waals surface area contributed by atoms with Crippen LogP contribution in [0.2, 0.25) is 0 Å². The molecule has 2 N–H and O–H groups in total. The molecule has 1 unspecified atom stereocenters. The first kappa shape index (κ1) is 15.1. The molecular formula is C17H20BrNO. The number of rotatable bonds is 5. The van der Waals surface area contributed by atoms with Gasteiger partial charge in [0.05, 0.1) is 0 Å². The van der Waals surface area contributed by atoms with Gasteiger partial charge in [-0.1, -0.05) is 45.8 Å². The molecule has 0 aromatic heterocycles. The Hall–Kier alpha value is -1.32. The van der Waals surface area contributed by atoms with Crippen molar-refractivity contribution in [2.45, 2.75) is 32.9 Å². The van der Waals surface area contributed by atoms with Crippen molar-refractivity contribution >= 4 is 15.9 Å². The quantitative estimate of drug-likeness (QED) is 0.888. The Morgan fingerprint density at radius 1 is 1.20 bits per heavy atom. The zero-order chi connectivity index (χ0) is 14.5. The van der Waals surface area contributed by atoms with Crippen LogP contribution in [-0.4, -0.2) is 6.04 Å². The van der Waals surface area contributed by atoms with Crippen LogP contribution < -0.4 is 10.5 Å². The predicted octanol–water partition coefficient (Wildman–Crippen LogP) is 4.23. The second-order valence-corrected chi connectivity index (χ2v) is 6.13. The Labute approximate surface area is 129 Å². The maximum Gasteiger partial charge on any atom is 0.123 e. The molecule has 0 bridgehead atoms. The first-order valence-corrected chi connectivity index (χ1v) is 7.56. The van der Waals surface area contributed by atoms with Crippen molar-refractivity contribution < 1.29 is 4.74 Å². The van der Waals surface area contributed by atoms with Crippen molar-refractivity contribution in [1.29, 1.82) is 0 Å². The molecule has 2 nitrogen and oxygen atoms in total. The fourth-order valence-corrected chi connectivity index (χ4v) is 2.59. The highest BCUT2D eigenvalue weighted by Crippen LogP contribution is 2.23. The molecule has 106 valence electrons. The predicted molar refractivity (Wildman–Crippen MR) is 87.0 cm³/mol. The second kappa shape index (κ2) is 6.91. The Balaban J connectivity index is 2.12. The van der Waals surface area contributed by atoms with Gasteiger partial charge in [-0.25, -0.2) is 0 Å². The summed E-state index contributed by atoms with van der Waals surface area (Å²) in [5, 5.41) is 0. The molecule has 2 aromatic rings. The lowest BCUT2D eigenvalue weighted by Gasteiger charge is -2.14. The summed E-state index contributed by atoms with van der Waals surface area (Å²) in [4.78, 5) is 0. The monoisotopic (exact) mass is 333 g/mol. The summed E-state index contributed by atoms with van der Waals surface area (Å²) in [5.41, 5.74) is 9.46. The fraction of sp³-hybridized carbons (Fsp3) is 0.294. The van der Waals surface area contributed by atoms with Gasteiger partial charge in [-0.3, -0.25) is 0 Å². The van der Waals surface area contributed by atoms with Gasteiger partial charge in [-0.05, 0) is 49.6 Å². The first-order chi connectivity index (χ1) is 9.54. The van der Waals surface area contributed by atoms with Crippen LogP contribution in [-0.2, 0) is 13.0 Å². The van der Waals surface area contributed by atoms with Crippen molar-refractivity contribution in [3.05, 3.63) is 63.6 Å². The van der Waals surface area contributed by atoms with Crippen LogP contribution in [0.15, 0.2) is 46.9 Å². The molecule has 0 saturated carbocycles. The molecule has 2 aromatic carbocycles. The smallest absolute Gasteiger partial charge is 0.123 e. The summed E-state index contributed by atoms with van der Waals surface area (Å²) >= 11 is 3.47. The van der Waals surface area contributed by atoms with Crippen molar-refractivity contribution in [3.8, 4) is 5.75 Å². The molecule has 0 spiro atoms. The summed E-state index contributed by atoms with van der Waals surface area (Å²) in [6, 6.07) is 14.5. The Morgan fingerprint density at radius 3 is 2.70 bits per heavy atom. The van der Waals surface area contributed by atoms with E-state index >= 15 is 0 Å². The summed E-state index contributed by atoms with van der Waals surface area (Å²) in [5.74, 6) is 0.924. The van der Waals surface area contributed by atoms with E-state index in [9.17, 15) is 0 Å². The zero-order valence-electron chi connectivity index (χ0n) is 11.9. The van der Waals surface area contributed by atoms with E-state index in [1.165, 1.54) is 11.1 Å². The van der Waals surface area contributed by atoms with Gasteiger partial charge in [0.25, 0.3) is 0 Å². The lowest BCUT2D eigenvalue weighted by atomic mass is 10.0. The number of halogens is 1. The molecule has 2 rings (SSSR count). The number of aryl methyl sites for hydroxylation is 1. The van der Waals surface area contributed by atoms with E-state index in [1.54, 1.807) is 0 Å². The van der Waals surface area contributed by atoms with E-state index in [2.05, 4.69) is 47.1 Å². The minimum absolute atomic E-state index is 0.130. The fourth-order valence-electron chi connectivity index (χ4n) is 2.14. The van der Waals surface area contributed by atoms with Gasteiger partial charge in [-0.15, -0.1) is 0 Å². The molecule has 3 heteroatoms. The number of nitrogens with two attached hydrogens (primary N) is 1. The topological polar surface area (TPSA) is 35.2 Å². The largest absolute Gasteiger partial charge is 0.489 e. The molecule has 1 atom stereocenters. The van der Waals surface area contributed by atoms with Crippen molar-refractivity contribution in [3.63, 3.8) is 0 Å². The lowest BCUT2D eigenvalue weighted by molar-refractivity contribution is 0.302. The van der Waals surface area contributed by atoms with Gasteiger partial charge >= 0.3 is 0 Å². The summed E-state index contributed by atoms with van der Waals surface area (Å²) in [7, 11) is 0. The van der Waals surface area contributed by atoms with Crippen LogP contribution in [0.3, 0.4) is 0 Å². The maximum atomic E-state index is 5.96. The Morgan fingerprint density at radius 2 is 2.00 bits per heavy atom. The molecule has 0 amide bonds. The van der Waals surface area contributed by atoms with E-state index in [-0.39, 0.29) is 6.04 Å². The lowest BCUT2D eigenvalue weighted by Crippen LogP contribution is -2.18. The molecule has 0 aliphatic heterocycles. The summed E-state index contributed by atoms with van der Waals surface area (Å²) < 4.78 is 7.03. The molecule has 0 heterocycles. The van der Waals surface area contributed by atoms with E-state index in [1.807, 2.05) is 25.1 Å². The van der Waals surface area contributed by atoms with Crippen molar-refractivity contribution in [2.75, 3.05) is 0 Å². The van der Waals surface area contributed by atoms with Crippen molar-refractivity contribution in [2.24, 2.45) is 5.73 Å². The normalized spacial score (nSPS) is 12.2. The van der Waals surface area contributed by atoms with Crippen LogP contribution in [0.1, 0.15) is 23.6 Å².